The molecule has 0 amide bonds. The molecule has 0 bridgehead atoms. The lowest BCUT2D eigenvalue weighted by atomic mass is 10.1. The van der Waals surface area contributed by atoms with Gasteiger partial charge in [0.05, 0.1) is 0 Å². The summed E-state index contributed by atoms with van der Waals surface area (Å²) in [6, 6.07) is 0. The summed E-state index contributed by atoms with van der Waals surface area (Å²) in [6.45, 7) is 16.8. The number of rotatable bonds is 8. The molecule has 0 fully saturated rings. The van der Waals surface area contributed by atoms with Gasteiger partial charge in [0.2, 0.25) is 0 Å². The average molecular weight is 325 g/mol. The Morgan fingerprint density at radius 1 is 0.913 bits per heavy atom. The zero-order valence-corrected chi connectivity index (χ0v) is 16.7. The zero-order valence-electron chi connectivity index (χ0n) is 16.7. The van der Waals surface area contributed by atoms with Crippen LogP contribution in [0.4, 0.5) is 0 Å². The molecule has 0 aromatic heterocycles. The van der Waals surface area contributed by atoms with Crippen LogP contribution in [-0.4, -0.2) is 12.1 Å². The molecule has 0 rings (SSSR count). The van der Waals surface area contributed by atoms with Crippen molar-refractivity contribution < 1.29 is 9.59 Å². The molecule has 0 heterocycles. The molecule has 0 atom stereocenters. The number of unbranched alkanes of at least 4 members (excludes halogenated alkanes) is 5. The van der Waals surface area contributed by atoms with Gasteiger partial charge in [-0.15, -0.1) is 0 Å². The first-order chi connectivity index (χ1) is 11.0. The summed E-state index contributed by atoms with van der Waals surface area (Å²) in [6.07, 6.45) is 16.3. The Balaban J connectivity index is -0.000000124. The molecule has 23 heavy (non-hydrogen) atoms. The zero-order chi connectivity index (χ0) is 18.9. The average Bonchev–Trinajstić information content (AvgIpc) is 2.55. The maximum absolute atomic E-state index is 10.6. The number of carbonyl (C=O) groups is 2. The van der Waals surface area contributed by atoms with Crippen LogP contribution in [0.2, 0.25) is 0 Å². The summed E-state index contributed by atoms with van der Waals surface area (Å²) in [5, 5.41) is 0. The van der Waals surface area contributed by atoms with Crippen molar-refractivity contribution in [1.82, 2.24) is 0 Å². The molecule has 0 saturated carbocycles. The Labute approximate surface area is 145 Å². The van der Waals surface area contributed by atoms with Crippen LogP contribution in [0, 0.1) is 0 Å². The minimum absolute atomic E-state index is 0.105. The normalized spacial score (nSPS) is 9.43. The van der Waals surface area contributed by atoms with E-state index in [0.29, 0.717) is 0 Å². The van der Waals surface area contributed by atoms with Gasteiger partial charge in [0, 0.05) is 0 Å². The van der Waals surface area contributed by atoms with Gasteiger partial charge in [-0.2, -0.15) is 0 Å². The van der Waals surface area contributed by atoms with Gasteiger partial charge < -0.3 is 4.79 Å². The fraction of sp³-hybridized carbons (Fsp3) is 0.619. The van der Waals surface area contributed by atoms with E-state index >= 15 is 0 Å². The monoisotopic (exact) mass is 324 g/mol. The highest BCUT2D eigenvalue weighted by Gasteiger charge is 1.90. The predicted molar refractivity (Wildman–Crippen MR) is 106 cm³/mol. The fourth-order valence-electron chi connectivity index (χ4n) is 1.25. The fourth-order valence-corrected chi connectivity index (χ4v) is 1.25. The van der Waals surface area contributed by atoms with Crippen molar-refractivity contribution in [1.29, 1.82) is 0 Å². The van der Waals surface area contributed by atoms with Gasteiger partial charge in [0.1, 0.15) is 6.29 Å². The van der Waals surface area contributed by atoms with Crippen LogP contribution in [0.5, 0.6) is 0 Å². The molecule has 0 spiro atoms. The first-order valence-electron chi connectivity index (χ1n) is 8.88. The van der Waals surface area contributed by atoms with Crippen LogP contribution >= 0.6 is 0 Å². The molecule has 0 aromatic rings. The summed E-state index contributed by atoms with van der Waals surface area (Å²) in [7, 11) is 0. The second kappa shape index (κ2) is 32.5. The van der Waals surface area contributed by atoms with Gasteiger partial charge in [-0.3, -0.25) is 4.79 Å². The van der Waals surface area contributed by atoms with Crippen LogP contribution in [0.15, 0.2) is 36.5 Å². The molecule has 0 saturated heterocycles. The molecule has 0 aliphatic rings. The van der Waals surface area contributed by atoms with E-state index in [0.717, 1.165) is 11.9 Å². The first kappa shape index (κ1) is 29.6. The summed E-state index contributed by atoms with van der Waals surface area (Å²) >= 11 is 0. The third kappa shape index (κ3) is 44.9. The van der Waals surface area contributed by atoms with Crippen molar-refractivity contribution in [3.63, 3.8) is 0 Å². The number of hydrogen-bond acceptors (Lipinski definition) is 2. The molecule has 2 heteroatoms. The van der Waals surface area contributed by atoms with E-state index in [2.05, 4.69) is 20.4 Å². The Hall–Kier alpha value is -1.44. The predicted octanol–water partition coefficient (Wildman–Crippen LogP) is 6.86. The quantitative estimate of drug-likeness (QED) is 0.211. The Morgan fingerprint density at radius 3 is 1.57 bits per heavy atom. The summed E-state index contributed by atoms with van der Waals surface area (Å²) in [4.78, 5) is 19.4. The van der Waals surface area contributed by atoms with E-state index in [-0.39, 0.29) is 5.78 Å². The smallest absolute Gasteiger partial charge is 0.155 e. The SMILES string of the molecule is C=C/C=C\C=C(/C)C(C)=O.CC.CC=O.CCCCCCCC. The van der Waals surface area contributed by atoms with Crippen molar-refractivity contribution in [3.8, 4) is 0 Å². The third-order valence-electron chi connectivity index (χ3n) is 2.61. The largest absolute Gasteiger partial charge is 0.304 e. The Morgan fingerprint density at radius 2 is 1.30 bits per heavy atom. The van der Waals surface area contributed by atoms with Crippen LogP contribution in [0.1, 0.15) is 87.0 Å². The molecular formula is C21H40O2. The molecule has 0 aliphatic heterocycles. The van der Waals surface area contributed by atoms with E-state index in [1.165, 1.54) is 45.4 Å². The maximum atomic E-state index is 10.6. The van der Waals surface area contributed by atoms with E-state index in [1.807, 2.05) is 13.8 Å². The maximum Gasteiger partial charge on any atom is 0.155 e. The Kier molecular flexibility index (Phi) is 41.8. The molecule has 0 radical (unpaired) electrons. The van der Waals surface area contributed by atoms with E-state index in [9.17, 15) is 4.79 Å². The van der Waals surface area contributed by atoms with E-state index in [1.54, 1.807) is 38.2 Å². The highest BCUT2D eigenvalue weighted by molar-refractivity contribution is 5.92. The van der Waals surface area contributed by atoms with E-state index < -0.39 is 0 Å². The molecule has 2 nitrogen and oxygen atoms in total. The van der Waals surface area contributed by atoms with Crippen molar-refractivity contribution in [2.45, 2.75) is 87.0 Å². The lowest BCUT2D eigenvalue weighted by Gasteiger charge is -1.93. The van der Waals surface area contributed by atoms with Gasteiger partial charge in [-0.25, -0.2) is 0 Å². The molecule has 0 aliphatic carbocycles. The summed E-state index contributed by atoms with van der Waals surface area (Å²) in [5.41, 5.74) is 0.762. The van der Waals surface area contributed by atoms with Crippen LogP contribution in [0.3, 0.4) is 0 Å². The molecule has 0 N–H and O–H groups in total. The minimum atomic E-state index is 0.105. The van der Waals surface area contributed by atoms with Crippen LogP contribution < -0.4 is 0 Å². The number of ketones is 1. The molecule has 136 valence electrons. The number of allylic oxidation sites excluding steroid dienone is 5. The summed E-state index contributed by atoms with van der Waals surface area (Å²) in [5.74, 6) is 0.105. The Bertz CT molecular complexity index is 293. The van der Waals surface area contributed by atoms with Gasteiger partial charge in [0.25, 0.3) is 0 Å². The molecule has 0 aromatic carbocycles. The van der Waals surface area contributed by atoms with Crippen molar-refractivity contribution in [2.24, 2.45) is 0 Å². The van der Waals surface area contributed by atoms with Crippen molar-refractivity contribution in [2.75, 3.05) is 0 Å². The summed E-state index contributed by atoms with van der Waals surface area (Å²) < 4.78 is 0. The van der Waals surface area contributed by atoms with Crippen LogP contribution in [0.25, 0.3) is 0 Å². The lowest BCUT2D eigenvalue weighted by Crippen LogP contribution is -1.89. The third-order valence-corrected chi connectivity index (χ3v) is 2.61. The second-order valence-corrected chi connectivity index (χ2v) is 4.68. The highest BCUT2D eigenvalue weighted by atomic mass is 16.1. The van der Waals surface area contributed by atoms with E-state index in [4.69, 9.17) is 4.79 Å². The second-order valence-electron chi connectivity index (χ2n) is 4.68. The number of hydrogen-bond donors (Lipinski definition) is 0. The standard InChI is InChI=1S/C9H12O.C8H18.C2H4O.C2H6/c1-4-5-6-7-8(2)9(3)10;1-3-5-7-8-6-4-2;1-2-3;1-2/h4-7H,1H2,2-3H3;3-8H2,1-2H3;2H,1H3;1-2H3/b6-5-,8-7+;;;. The minimum Gasteiger partial charge on any atom is -0.304 e. The van der Waals surface area contributed by atoms with Crippen LogP contribution in [-0.2, 0) is 9.59 Å². The van der Waals surface area contributed by atoms with Gasteiger partial charge >= 0.3 is 0 Å². The topological polar surface area (TPSA) is 34.1 Å². The number of aldehydes is 1. The lowest BCUT2D eigenvalue weighted by molar-refractivity contribution is -0.113. The highest BCUT2D eigenvalue weighted by Crippen LogP contribution is 2.03. The van der Waals surface area contributed by atoms with Gasteiger partial charge in [-0.05, 0) is 26.3 Å². The van der Waals surface area contributed by atoms with Gasteiger partial charge in [0.15, 0.2) is 5.78 Å². The first-order valence-corrected chi connectivity index (χ1v) is 8.88. The molecular weight excluding hydrogens is 284 g/mol. The molecule has 0 unspecified atom stereocenters. The number of Topliss-reactive ketones (excluding diaryl/α,β-unsaturated/α-hetero) is 1. The van der Waals surface area contributed by atoms with Crippen molar-refractivity contribution in [3.05, 3.63) is 36.5 Å². The van der Waals surface area contributed by atoms with Crippen molar-refractivity contribution >= 4 is 12.1 Å². The van der Waals surface area contributed by atoms with Gasteiger partial charge in [-0.1, -0.05) is 97.1 Å². The number of carbonyl (C=O) groups excluding carboxylic acids is 2.